The molecule has 0 unspecified atom stereocenters. The van der Waals surface area contributed by atoms with Crippen molar-refractivity contribution in [1.29, 1.82) is 0 Å². The molecule has 0 aliphatic rings. The van der Waals surface area contributed by atoms with Crippen LogP contribution in [0.15, 0.2) is 72.8 Å². The highest BCUT2D eigenvalue weighted by Crippen LogP contribution is 2.24. The van der Waals surface area contributed by atoms with E-state index in [4.69, 9.17) is 4.74 Å². The SMILES string of the molecule is C[C@@H](NC(=O)OC(=O)[C@@H](O)c1ccccc1)c1cccc2ccccc12. The third kappa shape index (κ3) is 3.90. The van der Waals surface area contributed by atoms with Gasteiger partial charge in [0.25, 0.3) is 0 Å². The number of alkyl carbamates (subject to hydrolysis) is 1. The van der Waals surface area contributed by atoms with Crippen molar-refractivity contribution in [3.8, 4) is 0 Å². The Bertz CT molecular complexity index is 918. The van der Waals surface area contributed by atoms with E-state index in [1.54, 1.807) is 37.3 Å². The average molecular weight is 349 g/mol. The Morgan fingerprint density at radius 2 is 1.58 bits per heavy atom. The van der Waals surface area contributed by atoms with Crippen molar-refractivity contribution in [2.45, 2.75) is 19.1 Å². The molecule has 0 radical (unpaired) electrons. The van der Waals surface area contributed by atoms with E-state index < -0.39 is 18.2 Å². The minimum Gasteiger partial charge on any atom is -0.377 e. The van der Waals surface area contributed by atoms with Gasteiger partial charge in [-0.2, -0.15) is 0 Å². The van der Waals surface area contributed by atoms with Gasteiger partial charge in [-0.25, -0.2) is 9.59 Å². The first kappa shape index (κ1) is 17.6. The third-order valence-electron chi connectivity index (χ3n) is 4.16. The number of hydrogen-bond acceptors (Lipinski definition) is 4. The lowest BCUT2D eigenvalue weighted by Gasteiger charge is -2.17. The van der Waals surface area contributed by atoms with Gasteiger partial charge in [0, 0.05) is 0 Å². The summed E-state index contributed by atoms with van der Waals surface area (Å²) in [7, 11) is 0. The summed E-state index contributed by atoms with van der Waals surface area (Å²) < 4.78 is 4.73. The largest absolute Gasteiger partial charge is 0.415 e. The number of aliphatic hydroxyl groups is 1. The van der Waals surface area contributed by atoms with Gasteiger partial charge in [0.2, 0.25) is 0 Å². The number of carbonyl (C=O) groups is 2. The molecule has 0 aliphatic carbocycles. The van der Waals surface area contributed by atoms with E-state index in [0.29, 0.717) is 5.56 Å². The van der Waals surface area contributed by atoms with Crippen LogP contribution in [0.1, 0.15) is 30.2 Å². The summed E-state index contributed by atoms with van der Waals surface area (Å²) in [5.41, 5.74) is 1.28. The minimum absolute atomic E-state index is 0.365. The van der Waals surface area contributed by atoms with Crippen LogP contribution in [-0.2, 0) is 9.53 Å². The van der Waals surface area contributed by atoms with E-state index in [1.807, 2.05) is 42.5 Å². The molecular weight excluding hydrogens is 330 g/mol. The number of amides is 1. The predicted molar refractivity (Wildman–Crippen MR) is 98.4 cm³/mol. The lowest BCUT2D eigenvalue weighted by atomic mass is 10.00. The molecule has 0 heterocycles. The normalized spacial score (nSPS) is 13.0. The zero-order valence-electron chi connectivity index (χ0n) is 14.3. The smallest absolute Gasteiger partial charge is 0.377 e. The van der Waals surface area contributed by atoms with Crippen LogP contribution in [0.5, 0.6) is 0 Å². The number of esters is 1. The van der Waals surface area contributed by atoms with E-state index in [9.17, 15) is 14.7 Å². The Kier molecular flexibility index (Phi) is 5.29. The number of carbonyl (C=O) groups excluding carboxylic acids is 2. The highest BCUT2D eigenvalue weighted by atomic mass is 16.6. The molecule has 5 heteroatoms. The molecule has 0 bridgehead atoms. The summed E-state index contributed by atoms with van der Waals surface area (Å²) in [6, 6.07) is 21.6. The quantitative estimate of drug-likeness (QED) is 0.553. The van der Waals surface area contributed by atoms with Crippen molar-refractivity contribution in [3.05, 3.63) is 83.9 Å². The number of nitrogens with one attached hydrogen (secondary N) is 1. The molecule has 2 atom stereocenters. The monoisotopic (exact) mass is 349 g/mol. The average Bonchev–Trinajstić information content (AvgIpc) is 2.67. The Morgan fingerprint density at radius 1 is 0.923 bits per heavy atom. The second kappa shape index (κ2) is 7.80. The van der Waals surface area contributed by atoms with Crippen LogP contribution >= 0.6 is 0 Å². The van der Waals surface area contributed by atoms with Crippen molar-refractivity contribution >= 4 is 22.8 Å². The van der Waals surface area contributed by atoms with Crippen molar-refractivity contribution < 1.29 is 19.4 Å². The number of benzene rings is 3. The Labute approximate surface area is 151 Å². The van der Waals surface area contributed by atoms with Gasteiger partial charge in [0.15, 0.2) is 6.10 Å². The molecular formula is C21H19NO4. The Balaban J connectivity index is 1.66. The molecule has 0 aromatic heterocycles. The van der Waals surface area contributed by atoms with Crippen LogP contribution in [0.4, 0.5) is 4.79 Å². The van der Waals surface area contributed by atoms with E-state index in [0.717, 1.165) is 16.3 Å². The van der Waals surface area contributed by atoms with Crippen LogP contribution in [0.2, 0.25) is 0 Å². The number of ether oxygens (including phenoxy) is 1. The predicted octanol–water partition coefficient (Wildman–Crippen LogP) is 3.89. The Morgan fingerprint density at radius 3 is 2.35 bits per heavy atom. The summed E-state index contributed by atoms with van der Waals surface area (Å²) in [5.74, 6) is -1.01. The van der Waals surface area contributed by atoms with Crippen molar-refractivity contribution in [2.75, 3.05) is 0 Å². The van der Waals surface area contributed by atoms with Gasteiger partial charge < -0.3 is 15.2 Å². The van der Waals surface area contributed by atoms with Gasteiger partial charge in [0.1, 0.15) is 0 Å². The van der Waals surface area contributed by atoms with Crippen molar-refractivity contribution in [3.63, 3.8) is 0 Å². The fourth-order valence-corrected chi connectivity index (χ4v) is 2.83. The summed E-state index contributed by atoms with van der Waals surface area (Å²) in [4.78, 5) is 24.0. The minimum atomic E-state index is -1.50. The first-order valence-corrected chi connectivity index (χ1v) is 8.29. The molecule has 0 saturated heterocycles. The second-order valence-corrected chi connectivity index (χ2v) is 5.96. The van der Waals surface area contributed by atoms with Crippen LogP contribution in [0.3, 0.4) is 0 Å². The van der Waals surface area contributed by atoms with Gasteiger partial charge in [-0.05, 0) is 28.8 Å². The van der Waals surface area contributed by atoms with Crippen LogP contribution in [0.25, 0.3) is 10.8 Å². The molecule has 0 saturated carbocycles. The zero-order valence-corrected chi connectivity index (χ0v) is 14.3. The first-order chi connectivity index (χ1) is 12.6. The van der Waals surface area contributed by atoms with Gasteiger partial charge in [-0.3, -0.25) is 0 Å². The standard InChI is InChI=1S/C21H19NO4/c1-14(17-13-7-11-15-8-5-6-12-18(15)17)22-21(25)26-20(24)19(23)16-9-3-2-4-10-16/h2-14,19,23H,1H3,(H,22,25)/t14-,19+/m1/s1. The van der Waals surface area contributed by atoms with E-state index in [2.05, 4.69) is 5.32 Å². The second-order valence-electron chi connectivity index (χ2n) is 5.96. The van der Waals surface area contributed by atoms with Crippen LogP contribution in [0, 0.1) is 0 Å². The summed E-state index contributed by atoms with van der Waals surface area (Å²) in [5, 5.41) is 14.7. The number of rotatable bonds is 4. The molecule has 3 aromatic carbocycles. The molecule has 3 rings (SSSR count). The first-order valence-electron chi connectivity index (χ1n) is 8.29. The highest BCUT2D eigenvalue weighted by molar-refractivity contribution is 5.89. The fourth-order valence-electron chi connectivity index (χ4n) is 2.83. The van der Waals surface area contributed by atoms with E-state index in [-0.39, 0.29) is 6.04 Å². The van der Waals surface area contributed by atoms with Crippen molar-refractivity contribution in [2.24, 2.45) is 0 Å². The van der Waals surface area contributed by atoms with Gasteiger partial charge in [-0.1, -0.05) is 72.8 Å². The number of fused-ring (bicyclic) bond motifs is 1. The maximum atomic E-state index is 12.0. The third-order valence-corrected chi connectivity index (χ3v) is 4.16. The van der Waals surface area contributed by atoms with Gasteiger partial charge >= 0.3 is 12.1 Å². The van der Waals surface area contributed by atoms with E-state index >= 15 is 0 Å². The van der Waals surface area contributed by atoms with Crippen molar-refractivity contribution in [1.82, 2.24) is 5.32 Å². The molecule has 0 fully saturated rings. The molecule has 1 amide bonds. The molecule has 3 aromatic rings. The van der Waals surface area contributed by atoms with E-state index in [1.165, 1.54) is 0 Å². The molecule has 2 N–H and O–H groups in total. The molecule has 0 aliphatic heterocycles. The summed E-state index contributed by atoms with van der Waals surface area (Å²) >= 11 is 0. The van der Waals surface area contributed by atoms with Gasteiger partial charge in [-0.15, -0.1) is 0 Å². The Hall–Kier alpha value is -3.18. The maximum Gasteiger partial charge on any atom is 0.415 e. The topological polar surface area (TPSA) is 75.6 Å². The molecule has 0 spiro atoms. The van der Waals surface area contributed by atoms with Gasteiger partial charge in [0.05, 0.1) is 6.04 Å². The zero-order chi connectivity index (χ0) is 18.5. The lowest BCUT2D eigenvalue weighted by molar-refractivity contribution is -0.147. The summed E-state index contributed by atoms with van der Waals surface area (Å²) in [6.07, 6.45) is -2.40. The highest BCUT2D eigenvalue weighted by Gasteiger charge is 2.23. The number of hydrogen-bond donors (Lipinski definition) is 2. The molecule has 26 heavy (non-hydrogen) atoms. The molecule has 132 valence electrons. The molecule has 5 nitrogen and oxygen atoms in total. The fraction of sp³-hybridized carbons (Fsp3) is 0.143. The lowest BCUT2D eigenvalue weighted by Crippen LogP contribution is -2.31. The maximum absolute atomic E-state index is 12.0. The van der Waals surface area contributed by atoms with Crippen LogP contribution < -0.4 is 5.32 Å². The number of aliphatic hydroxyl groups excluding tert-OH is 1. The summed E-state index contributed by atoms with van der Waals surface area (Å²) in [6.45, 7) is 1.81. The van der Waals surface area contributed by atoms with Crippen LogP contribution in [-0.4, -0.2) is 17.2 Å².